The lowest BCUT2D eigenvalue weighted by Gasteiger charge is -2.39. The van der Waals surface area contributed by atoms with Gasteiger partial charge in [0.1, 0.15) is 0 Å². The zero-order valence-electron chi connectivity index (χ0n) is 35.7. The minimum Gasteiger partial charge on any atom is -0.324 e. The molecule has 0 fully saturated rings. The summed E-state index contributed by atoms with van der Waals surface area (Å²) in [6.07, 6.45) is 38.9. The minimum absolute atomic E-state index is 1.26. The van der Waals surface area contributed by atoms with Crippen molar-refractivity contribution < 1.29 is 8.97 Å². The first-order chi connectivity index (χ1) is 24.5. The Kier molecular flexibility index (Phi) is 30.9. The fourth-order valence-electron chi connectivity index (χ4n) is 8.68. The van der Waals surface area contributed by atoms with Crippen molar-refractivity contribution in [1.29, 1.82) is 0 Å². The van der Waals surface area contributed by atoms with Crippen molar-refractivity contribution in [1.82, 2.24) is 0 Å². The van der Waals surface area contributed by atoms with Gasteiger partial charge in [-0.15, -0.1) is 0 Å². The SMILES string of the molecule is CCCCCC[N+](CCCCC)(CCCCC)CCCCCCCc1ccc(CCC[N+](CCCCC)(CCCCC)CCCCCC)cc1. The fourth-order valence-corrected chi connectivity index (χ4v) is 8.68. The molecule has 0 bridgehead atoms. The van der Waals surface area contributed by atoms with Crippen molar-refractivity contribution in [3.63, 3.8) is 0 Å². The second-order valence-electron chi connectivity index (χ2n) is 16.9. The minimum atomic E-state index is 1.26. The normalized spacial score (nSPS) is 12.3. The van der Waals surface area contributed by atoms with Crippen LogP contribution in [0.25, 0.3) is 0 Å². The van der Waals surface area contributed by atoms with Gasteiger partial charge in [0.05, 0.1) is 52.4 Å². The van der Waals surface area contributed by atoms with Crippen LogP contribution in [-0.2, 0) is 12.8 Å². The van der Waals surface area contributed by atoms with E-state index in [0.717, 1.165) is 0 Å². The highest BCUT2D eigenvalue weighted by atomic mass is 15.4. The van der Waals surface area contributed by atoms with Crippen LogP contribution < -0.4 is 0 Å². The summed E-state index contributed by atoms with van der Waals surface area (Å²) < 4.78 is 2.84. The standard InChI is InChI=1S/C48H94N2/c1-7-13-19-29-43-49(39-25-15-9-3,40-26-16-10-4)45-31-23-21-22-24-33-47-35-37-48(38-36-47)34-32-46-50(41-27-17-11-5,42-28-18-12-6)44-30-20-14-8-2/h35-38H,7-34,39-46H2,1-6H3/q+2. The zero-order valence-corrected chi connectivity index (χ0v) is 35.7. The van der Waals surface area contributed by atoms with Crippen LogP contribution in [0.1, 0.15) is 220 Å². The molecule has 0 aliphatic carbocycles. The summed E-state index contributed by atoms with van der Waals surface area (Å²) in [5, 5.41) is 0. The average molecular weight is 699 g/mol. The number of hydrogen-bond donors (Lipinski definition) is 0. The molecule has 0 saturated heterocycles. The summed E-state index contributed by atoms with van der Waals surface area (Å²) in [4.78, 5) is 0. The molecule has 2 nitrogen and oxygen atoms in total. The van der Waals surface area contributed by atoms with E-state index in [4.69, 9.17) is 0 Å². The van der Waals surface area contributed by atoms with Crippen molar-refractivity contribution in [2.24, 2.45) is 0 Å². The number of rotatable bonds is 38. The van der Waals surface area contributed by atoms with Gasteiger partial charge in [0.15, 0.2) is 0 Å². The zero-order chi connectivity index (χ0) is 36.4. The molecule has 294 valence electrons. The first-order valence-electron chi connectivity index (χ1n) is 23.3. The van der Waals surface area contributed by atoms with Crippen molar-refractivity contribution >= 4 is 0 Å². The molecule has 1 rings (SSSR count). The van der Waals surface area contributed by atoms with Crippen LogP contribution in [0.3, 0.4) is 0 Å². The highest BCUT2D eigenvalue weighted by molar-refractivity contribution is 5.22. The van der Waals surface area contributed by atoms with Gasteiger partial charge in [0.25, 0.3) is 0 Å². The third-order valence-corrected chi connectivity index (χ3v) is 12.1. The molecule has 0 unspecified atom stereocenters. The number of aryl methyl sites for hydroxylation is 2. The first-order valence-corrected chi connectivity index (χ1v) is 23.3. The molecule has 0 saturated carbocycles. The number of benzene rings is 1. The lowest BCUT2D eigenvalue weighted by atomic mass is 10.0. The van der Waals surface area contributed by atoms with Gasteiger partial charge in [-0.1, -0.05) is 130 Å². The van der Waals surface area contributed by atoms with Gasteiger partial charge in [0.2, 0.25) is 0 Å². The van der Waals surface area contributed by atoms with Gasteiger partial charge in [0, 0.05) is 6.42 Å². The Labute approximate surface area is 317 Å². The van der Waals surface area contributed by atoms with Crippen molar-refractivity contribution in [3.8, 4) is 0 Å². The topological polar surface area (TPSA) is 0 Å². The summed E-state index contributed by atoms with van der Waals surface area (Å²) >= 11 is 0. The Morgan fingerprint density at radius 3 is 0.820 bits per heavy atom. The molecule has 0 aliphatic rings. The summed E-state index contributed by atoms with van der Waals surface area (Å²) in [6.45, 7) is 25.6. The fraction of sp³-hybridized carbons (Fsp3) is 0.875. The maximum atomic E-state index is 2.47. The number of quaternary nitrogens is 2. The maximum Gasteiger partial charge on any atom is 0.0789 e. The highest BCUT2D eigenvalue weighted by Crippen LogP contribution is 2.21. The summed E-state index contributed by atoms with van der Waals surface area (Å²) in [7, 11) is 0. The van der Waals surface area contributed by atoms with E-state index in [-0.39, 0.29) is 0 Å². The highest BCUT2D eigenvalue weighted by Gasteiger charge is 2.27. The van der Waals surface area contributed by atoms with Crippen molar-refractivity contribution in [3.05, 3.63) is 35.4 Å². The molecular weight excluding hydrogens is 605 g/mol. The Balaban J connectivity index is 2.55. The van der Waals surface area contributed by atoms with Crippen molar-refractivity contribution in [2.45, 2.75) is 221 Å². The molecule has 2 heteroatoms. The monoisotopic (exact) mass is 699 g/mol. The van der Waals surface area contributed by atoms with Crippen LogP contribution in [0.5, 0.6) is 0 Å². The molecular formula is C48H94N2+2. The predicted octanol–water partition coefficient (Wildman–Crippen LogP) is 14.7. The molecule has 0 amide bonds. The van der Waals surface area contributed by atoms with E-state index in [0.29, 0.717) is 0 Å². The molecule has 50 heavy (non-hydrogen) atoms. The molecule has 0 aromatic heterocycles. The number of unbranched alkanes of at least 4 members (excludes halogenated alkanes) is 18. The number of nitrogens with zero attached hydrogens (tertiary/aromatic N) is 2. The molecule has 0 heterocycles. The van der Waals surface area contributed by atoms with E-state index in [1.807, 2.05) is 0 Å². The Hall–Kier alpha value is -0.860. The second-order valence-corrected chi connectivity index (χ2v) is 16.9. The quantitative estimate of drug-likeness (QED) is 0.0476. The smallest absolute Gasteiger partial charge is 0.0789 e. The third-order valence-electron chi connectivity index (χ3n) is 12.1. The van der Waals surface area contributed by atoms with Crippen molar-refractivity contribution in [2.75, 3.05) is 52.4 Å². The lowest BCUT2D eigenvalue weighted by molar-refractivity contribution is -0.929. The first kappa shape index (κ1) is 47.2. The molecule has 0 aliphatic heterocycles. The average Bonchev–Trinajstić information content (AvgIpc) is 3.12. The van der Waals surface area contributed by atoms with Gasteiger partial charge in [-0.3, -0.25) is 0 Å². The van der Waals surface area contributed by atoms with E-state index in [1.165, 1.54) is 241 Å². The van der Waals surface area contributed by atoms with Crippen LogP contribution in [0.2, 0.25) is 0 Å². The van der Waals surface area contributed by atoms with Crippen LogP contribution in [-0.4, -0.2) is 61.3 Å². The molecule has 1 aromatic carbocycles. The lowest BCUT2D eigenvalue weighted by Crippen LogP contribution is -2.51. The van der Waals surface area contributed by atoms with Gasteiger partial charge < -0.3 is 8.97 Å². The van der Waals surface area contributed by atoms with Crippen LogP contribution in [0, 0.1) is 0 Å². The third kappa shape index (κ3) is 23.7. The molecule has 0 spiro atoms. The van der Waals surface area contributed by atoms with Crippen LogP contribution in [0.15, 0.2) is 24.3 Å². The Morgan fingerprint density at radius 1 is 0.260 bits per heavy atom. The molecule has 1 aromatic rings. The summed E-state index contributed by atoms with van der Waals surface area (Å²) in [6, 6.07) is 9.85. The van der Waals surface area contributed by atoms with E-state index in [9.17, 15) is 0 Å². The summed E-state index contributed by atoms with van der Waals surface area (Å²) in [5.74, 6) is 0. The van der Waals surface area contributed by atoms with Gasteiger partial charge in [-0.05, 0) is 120 Å². The maximum absolute atomic E-state index is 2.47. The van der Waals surface area contributed by atoms with Crippen LogP contribution >= 0.6 is 0 Å². The molecule has 0 N–H and O–H groups in total. The van der Waals surface area contributed by atoms with Gasteiger partial charge >= 0.3 is 0 Å². The molecule has 0 atom stereocenters. The van der Waals surface area contributed by atoms with E-state index in [1.54, 1.807) is 11.1 Å². The Morgan fingerprint density at radius 2 is 0.480 bits per heavy atom. The van der Waals surface area contributed by atoms with Gasteiger partial charge in [-0.25, -0.2) is 0 Å². The number of hydrogen-bond acceptors (Lipinski definition) is 0. The predicted molar refractivity (Wildman–Crippen MR) is 227 cm³/mol. The Bertz CT molecular complexity index is 809. The van der Waals surface area contributed by atoms with Crippen LogP contribution in [0.4, 0.5) is 0 Å². The summed E-state index contributed by atoms with van der Waals surface area (Å²) in [5.41, 5.74) is 3.12. The largest absolute Gasteiger partial charge is 0.324 e. The molecule has 0 radical (unpaired) electrons. The second kappa shape index (κ2) is 32.8. The van der Waals surface area contributed by atoms with E-state index < -0.39 is 0 Å². The van der Waals surface area contributed by atoms with E-state index >= 15 is 0 Å². The van der Waals surface area contributed by atoms with E-state index in [2.05, 4.69) is 65.8 Å². The van der Waals surface area contributed by atoms with Gasteiger partial charge in [-0.2, -0.15) is 0 Å².